The summed E-state index contributed by atoms with van der Waals surface area (Å²) < 4.78 is 0. The van der Waals surface area contributed by atoms with Gasteiger partial charge in [-0.3, -0.25) is 4.79 Å². The van der Waals surface area contributed by atoms with Crippen molar-refractivity contribution in [1.29, 1.82) is 0 Å². The van der Waals surface area contributed by atoms with Crippen LogP contribution in [0.3, 0.4) is 0 Å². The fourth-order valence-corrected chi connectivity index (χ4v) is 3.82. The van der Waals surface area contributed by atoms with E-state index in [4.69, 9.17) is 5.73 Å². The van der Waals surface area contributed by atoms with Crippen molar-refractivity contribution in [1.82, 2.24) is 15.3 Å². The van der Waals surface area contributed by atoms with Crippen LogP contribution in [-0.4, -0.2) is 21.9 Å². The molecule has 0 bridgehead atoms. The second-order valence-electron chi connectivity index (χ2n) is 5.84. The predicted octanol–water partition coefficient (Wildman–Crippen LogP) is 2.97. The lowest BCUT2D eigenvalue weighted by atomic mass is 10.0. The molecule has 6 heteroatoms. The summed E-state index contributed by atoms with van der Waals surface area (Å²) in [4.78, 5) is 22.1. The van der Waals surface area contributed by atoms with Gasteiger partial charge < -0.3 is 11.1 Å². The molecule has 2 aromatic rings. The minimum absolute atomic E-state index is 0.0862. The molecular weight excluding hydrogens is 284 g/mol. The number of carbonyl (C=O) groups excluding carboxylic acids is 1. The summed E-state index contributed by atoms with van der Waals surface area (Å²) in [5, 5.41) is 3.13. The SMILES string of the molecule is CC1CCCC(NC(=O)c2sc3nccnc3c2N)CC1. The topological polar surface area (TPSA) is 80.9 Å². The highest BCUT2D eigenvalue weighted by Crippen LogP contribution is 2.31. The summed E-state index contributed by atoms with van der Waals surface area (Å²) in [6.45, 7) is 2.28. The van der Waals surface area contributed by atoms with Gasteiger partial charge in [0.15, 0.2) is 0 Å². The Labute approximate surface area is 128 Å². The molecule has 0 spiro atoms. The van der Waals surface area contributed by atoms with Crippen LogP contribution in [0.2, 0.25) is 0 Å². The summed E-state index contributed by atoms with van der Waals surface area (Å²) >= 11 is 1.32. The highest BCUT2D eigenvalue weighted by atomic mass is 32.1. The van der Waals surface area contributed by atoms with Crippen LogP contribution >= 0.6 is 11.3 Å². The fraction of sp³-hybridized carbons (Fsp3) is 0.533. The largest absolute Gasteiger partial charge is 0.396 e. The van der Waals surface area contributed by atoms with Crippen LogP contribution in [0.1, 0.15) is 48.7 Å². The average molecular weight is 304 g/mol. The highest BCUT2D eigenvalue weighted by Gasteiger charge is 2.22. The van der Waals surface area contributed by atoms with E-state index in [9.17, 15) is 4.79 Å². The maximum atomic E-state index is 12.5. The molecule has 2 atom stereocenters. The number of hydrogen-bond donors (Lipinski definition) is 2. The molecule has 2 unspecified atom stereocenters. The molecule has 1 amide bonds. The Morgan fingerprint density at radius 2 is 2.10 bits per heavy atom. The molecule has 0 saturated heterocycles. The zero-order valence-corrected chi connectivity index (χ0v) is 12.9. The third-order valence-electron chi connectivity index (χ3n) is 4.16. The van der Waals surface area contributed by atoms with Gasteiger partial charge in [-0.05, 0) is 25.2 Å². The molecule has 0 radical (unpaired) electrons. The molecule has 1 fully saturated rings. The van der Waals surface area contributed by atoms with Crippen LogP contribution in [0.15, 0.2) is 12.4 Å². The van der Waals surface area contributed by atoms with Gasteiger partial charge in [0.2, 0.25) is 0 Å². The van der Waals surface area contributed by atoms with E-state index in [-0.39, 0.29) is 11.9 Å². The quantitative estimate of drug-likeness (QED) is 0.836. The van der Waals surface area contributed by atoms with E-state index in [2.05, 4.69) is 22.2 Å². The van der Waals surface area contributed by atoms with Crippen molar-refractivity contribution in [2.45, 2.75) is 45.1 Å². The molecule has 1 aliphatic carbocycles. The number of nitrogens with zero attached hydrogens (tertiary/aromatic N) is 2. The zero-order valence-electron chi connectivity index (χ0n) is 12.1. The monoisotopic (exact) mass is 304 g/mol. The molecule has 21 heavy (non-hydrogen) atoms. The van der Waals surface area contributed by atoms with E-state index in [1.165, 1.54) is 30.6 Å². The fourth-order valence-electron chi connectivity index (χ4n) is 2.89. The number of carbonyl (C=O) groups is 1. The molecule has 5 nitrogen and oxygen atoms in total. The number of thiophene rings is 1. The number of aromatic nitrogens is 2. The molecule has 3 N–H and O–H groups in total. The lowest BCUT2D eigenvalue weighted by molar-refractivity contribution is 0.0938. The van der Waals surface area contributed by atoms with E-state index >= 15 is 0 Å². The van der Waals surface area contributed by atoms with Crippen molar-refractivity contribution in [3.8, 4) is 0 Å². The zero-order chi connectivity index (χ0) is 14.8. The Morgan fingerprint density at radius 1 is 1.29 bits per heavy atom. The molecule has 0 aliphatic heterocycles. The molecular formula is C15H20N4OS. The van der Waals surface area contributed by atoms with Gasteiger partial charge in [0.05, 0.1) is 5.69 Å². The third-order valence-corrected chi connectivity index (χ3v) is 5.26. The normalized spacial score (nSPS) is 22.9. The second-order valence-corrected chi connectivity index (χ2v) is 6.84. The van der Waals surface area contributed by atoms with Crippen molar-refractivity contribution in [2.75, 3.05) is 5.73 Å². The van der Waals surface area contributed by atoms with Crippen LogP contribution in [0, 0.1) is 5.92 Å². The van der Waals surface area contributed by atoms with Crippen LogP contribution in [-0.2, 0) is 0 Å². The summed E-state index contributed by atoms with van der Waals surface area (Å²) in [6, 6.07) is 0.257. The van der Waals surface area contributed by atoms with Gasteiger partial charge in [-0.15, -0.1) is 11.3 Å². The minimum atomic E-state index is -0.0862. The van der Waals surface area contributed by atoms with E-state index in [1.54, 1.807) is 12.4 Å². The van der Waals surface area contributed by atoms with Gasteiger partial charge in [0.1, 0.15) is 15.2 Å². The van der Waals surface area contributed by atoms with Crippen molar-refractivity contribution < 1.29 is 4.79 Å². The Bertz CT molecular complexity index is 654. The number of anilines is 1. The highest BCUT2D eigenvalue weighted by molar-refractivity contribution is 7.21. The van der Waals surface area contributed by atoms with Gasteiger partial charge in [-0.25, -0.2) is 9.97 Å². The molecule has 2 heterocycles. The Hall–Kier alpha value is -1.69. The standard InChI is InChI=1S/C15H20N4OS/c1-9-3-2-4-10(6-5-9)19-14(20)13-11(16)12-15(21-13)18-8-7-17-12/h7-10H,2-6,16H2,1H3,(H,19,20). The second kappa shape index (κ2) is 5.97. The maximum Gasteiger partial charge on any atom is 0.263 e. The average Bonchev–Trinajstić information content (AvgIpc) is 2.68. The minimum Gasteiger partial charge on any atom is -0.396 e. The molecule has 1 saturated carbocycles. The smallest absolute Gasteiger partial charge is 0.263 e. The number of nitrogens with one attached hydrogen (secondary N) is 1. The number of amides is 1. The summed E-state index contributed by atoms with van der Waals surface area (Å²) in [5.74, 6) is 0.673. The summed E-state index contributed by atoms with van der Waals surface area (Å²) in [5.41, 5.74) is 7.12. The Balaban J connectivity index is 1.76. The first-order chi connectivity index (χ1) is 10.1. The predicted molar refractivity (Wildman–Crippen MR) is 85.3 cm³/mol. The first-order valence-electron chi connectivity index (χ1n) is 7.45. The van der Waals surface area contributed by atoms with Crippen molar-refractivity contribution in [2.24, 2.45) is 5.92 Å². The van der Waals surface area contributed by atoms with E-state index in [0.717, 1.165) is 23.6 Å². The van der Waals surface area contributed by atoms with Crippen LogP contribution in [0.4, 0.5) is 5.69 Å². The van der Waals surface area contributed by atoms with Crippen LogP contribution < -0.4 is 11.1 Å². The first kappa shape index (κ1) is 14.3. The number of nitrogen functional groups attached to an aromatic ring is 1. The van der Waals surface area contributed by atoms with E-state index in [0.29, 0.717) is 16.1 Å². The molecule has 112 valence electrons. The van der Waals surface area contributed by atoms with Gasteiger partial charge in [-0.2, -0.15) is 0 Å². The summed E-state index contributed by atoms with van der Waals surface area (Å²) in [6.07, 6.45) is 8.93. The van der Waals surface area contributed by atoms with Gasteiger partial charge in [0, 0.05) is 18.4 Å². The molecule has 0 aromatic carbocycles. The molecule has 1 aliphatic rings. The lowest BCUT2D eigenvalue weighted by Crippen LogP contribution is -2.34. The Kier molecular flexibility index (Phi) is 4.05. The number of hydrogen-bond acceptors (Lipinski definition) is 5. The lowest BCUT2D eigenvalue weighted by Gasteiger charge is -2.16. The summed E-state index contributed by atoms with van der Waals surface area (Å²) in [7, 11) is 0. The Morgan fingerprint density at radius 3 is 2.90 bits per heavy atom. The number of nitrogens with two attached hydrogens (primary N) is 1. The first-order valence-corrected chi connectivity index (χ1v) is 8.26. The maximum absolute atomic E-state index is 12.5. The van der Waals surface area contributed by atoms with E-state index < -0.39 is 0 Å². The van der Waals surface area contributed by atoms with Crippen LogP contribution in [0.5, 0.6) is 0 Å². The third kappa shape index (κ3) is 3.00. The number of rotatable bonds is 2. The van der Waals surface area contributed by atoms with Gasteiger partial charge >= 0.3 is 0 Å². The number of fused-ring (bicyclic) bond motifs is 1. The van der Waals surface area contributed by atoms with Crippen molar-refractivity contribution in [3.63, 3.8) is 0 Å². The van der Waals surface area contributed by atoms with Crippen molar-refractivity contribution in [3.05, 3.63) is 17.3 Å². The van der Waals surface area contributed by atoms with Crippen molar-refractivity contribution >= 4 is 33.3 Å². The van der Waals surface area contributed by atoms with Crippen LogP contribution in [0.25, 0.3) is 10.3 Å². The van der Waals surface area contributed by atoms with Gasteiger partial charge in [-0.1, -0.05) is 19.8 Å². The van der Waals surface area contributed by atoms with Gasteiger partial charge in [0.25, 0.3) is 5.91 Å². The molecule has 3 rings (SSSR count). The molecule has 2 aromatic heterocycles. The van der Waals surface area contributed by atoms with E-state index in [1.807, 2.05) is 0 Å².